The third-order valence-electron chi connectivity index (χ3n) is 4.92. The van der Waals surface area contributed by atoms with Crippen molar-refractivity contribution >= 4 is 5.91 Å². The molecule has 1 amide bonds. The van der Waals surface area contributed by atoms with E-state index < -0.39 is 0 Å². The minimum atomic E-state index is -0.115. The standard InChI is InChI=1S/C21H43NO6/c1-6-19(4)28-17-20(23)22-9-10-24-11-12-25-13-14-26-15-16-27-18-21(5,7-2)8-3/h19H,6-18H2,1-5H3,(H,22,23). The average molecular weight is 406 g/mol. The van der Waals surface area contributed by atoms with Gasteiger partial charge in [0.15, 0.2) is 0 Å². The van der Waals surface area contributed by atoms with Gasteiger partial charge in [0.25, 0.3) is 0 Å². The number of carbonyl (C=O) groups excluding carboxylic acids is 1. The predicted molar refractivity (Wildman–Crippen MR) is 111 cm³/mol. The van der Waals surface area contributed by atoms with E-state index in [1.807, 2.05) is 13.8 Å². The highest BCUT2D eigenvalue weighted by Gasteiger charge is 2.19. The molecule has 0 aliphatic rings. The van der Waals surface area contributed by atoms with Crippen LogP contribution < -0.4 is 5.32 Å². The second-order valence-corrected chi connectivity index (χ2v) is 7.29. The smallest absolute Gasteiger partial charge is 0.246 e. The number of rotatable bonds is 20. The molecule has 28 heavy (non-hydrogen) atoms. The van der Waals surface area contributed by atoms with Crippen molar-refractivity contribution in [1.29, 1.82) is 0 Å². The van der Waals surface area contributed by atoms with Crippen LogP contribution in [0.1, 0.15) is 53.9 Å². The van der Waals surface area contributed by atoms with Crippen LogP contribution in [0.2, 0.25) is 0 Å². The third kappa shape index (κ3) is 16.2. The Hall–Kier alpha value is -0.730. The van der Waals surface area contributed by atoms with Crippen LogP contribution in [0, 0.1) is 5.41 Å². The van der Waals surface area contributed by atoms with Gasteiger partial charge in [0, 0.05) is 6.54 Å². The van der Waals surface area contributed by atoms with E-state index in [4.69, 9.17) is 23.7 Å². The Morgan fingerprint density at radius 1 is 0.857 bits per heavy atom. The molecular formula is C21H43NO6. The topological polar surface area (TPSA) is 75.3 Å². The van der Waals surface area contributed by atoms with E-state index in [-0.39, 0.29) is 24.0 Å². The molecule has 0 spiro atoms. The highest BCUT2D eigenvalue weighted by Crippen LogP contribution is 2.25. The fraction of sp³-hybridized carbons (Fsp3) is 0.952. The van der Waals surface area contributed by atoms with Crippen LogP contribution in [0.25, 0.3) is 0 Å². The minimum absolute atomic E-state index is 0.0969. The second kappa shape index (κ2) is 18.3. The number of carbonyl (C=O) groups is 1. The summed E-state index contributed by atoms with van der Waals surface area (Å²) in [6, 6.07) is 0. The monoisotopic (exact) mass is 405 g/mol. The van der Waals surface area contributed by atoms with Gasteiger partial charge in [-0.3, -0.25) is 4.79 Å². The minimum Gasteiger partial charge on any atom is -0.378 e. The molecule has 0 fully saturated rings. The SMILES string of the molecule is CCC(C)OCC(=O)NCCOCCOCCOCCOCC(C)(CC)CC. The van der Waals surface area contributed by atoms with Crippen LogP contribution >= 0.6 is 0 Å². The van der Waals surface area contributed by atoms with Crippen molar-refractivity contribution < 1.29 is 28.5 Å². The molecule has 7 heteroatoms. The predicted octanol–water partition coefficient (Wildman–Crippen LogP) is 2.81. The summed E-state index contributed by atoms with van der Waals surface area (Å²) >= 11 is 0. The molecular weight excluding hydrogens is 362 g/mol. The van der Waals surface area contributed by atoms with E-state index in [9.17, 15) is 4.79 Å². The average Bonchev–Trinajstić information content (AvgIpc) is 2.71. The summed E-state index contributed by atoms with van der Waals surface area (Å²) in [5.74, 6) is -0.115. The van der Waals surface area contributed by atoms with Gasteiger partial charge in [-0.15, -0.1) is 0 Å². The van der Waals surface area contributed by atoms with Gasteiger partial charge >= 0.3 is 0 Å². The van der Waals surface area contributed by atoms with Crippen LogP contribution in [-0.4, -0.2) is 78.0 Å². The molecule has 0 aliphatic carbocycles. The van der Waals surface area contributed by atoms with Gasteiger partial charge in [-0.25, -0.2) is 0 Å². The molecule has 0 aromatic carbocycles. The quantitative estimate of drug-likeness (QED) is 0.314. The summed E-state index contributed by atoms with van der Waals surface area (Å²) in [6.07, 6.45) is 3.25. The number of ether oxygens (including phenoxy) is 5. The van der Waals surface area contributed by atoms with Crippen molar-refractivity contribution in [3.05, 3.63) is 0 Å². The summed E-state index contributed by atoms with van der Waals surface area (Å²) in [5, 5.41) is 2.75. The maximum Gasteiger partial charge on any atom is 0.246 e. The normalized spacial score (nSPS) is 12.9. The van der Waals surface area contributed by atoms with Crippen molar-refractivity contribution in [3.63, 3.8) is 0 Å². The summed E-state index contributed by atoms with van der Waals surface area (Å²) in [6.45, 7) is 15.7. The Balaban J connectivity index is 3.27. The molecule has 0 saturated carbocycles. The van der Waals surface area contributed by atoms with Gasteiger partial charge in [-0.2, -0.15) is 0 Å². The number of hydrogen-bond acceptors (Lipinski definition) is 6. The fourth-order valence-corrected chi connectivity index (χ4v) is 2.08. The van der Waals surface area contributed by atoms with Crippen LogP contribution in [-0.2, 0) is 28.5 Å². The van der Waals surface area contributed by atoms with Crippen LogP contribution in [0.15, 0.2) is 0 Å². The highest BCUT2D eigenvalue weighted by molar-refractivity contribution is 5.77. The summed E-state index contributed by atoms with van der Waals surface area (Å²) in [7, 11) is 0. The van der Waals surface area contributed by atoms with Crippen LogP contribution in [0.5, 0.6) is 0 Å². The van der Waals surface area contributed by atoms with Crippen molar-refractivity contribution in [1.82, 2.24) is 5.32 Å². The van der Waals surface area contributed by atoms with Gasteiger partial charge in [0.2, 0.25) is 5.91 Å². The molecule has 7 nitrogen and oxygen atoms in total. The Bertz CT molecular complexity index is 363. The maximum atomic E-state index is 11.5. The van der Waals surface area contributed by atoms with Gasteiger partial charge in [0.05, 0.1) is 59.0 Å². The van der Waals surface area contributed by atoms with Gasteiger partial charge < -0.3 is 29.0 Å². The van der Waals surface area contributed by atoms with Crippen LogP contribution in [0.3, 0.4) is 0 Å². The Kier molecular flexibility index (Phi) is 17.8. The lowest BCUT2D eigenvalue weighted by Gasteiger charge is -2.26. The Labute approximate surface area is 171 Å². The lowest BCUT2D eigenvalue weighted by molar-refractivity contribution is -0.127. The van der Waals surface area contributed by atoms with Gasteiger partial charge in [0.1, 0.15) is 6.61 Å². The molecule has 0 aromatic rings. The lowest BCUT2D eigenvalue weighted by Crippen LogP contribution is -2.32. The van der Waals surface area contributed by atoms with E-state index in [1.54, 1.807) is 0 Å². The first-order chi connectivity index (χ1) is 13.5. The lowest BCUT2D eigenvalue weighted by atomic mass is 9.86. The van der Waals surface area contributed by atoms with E-state index in [0.717, 1.165) is 25.9 Å². The molecule has 0 bridgehead atoms. The molecule has 0 radical (unpaired) electrons. The van der Waals surface area contributed by atoms with Crippen molar-refractivity contribution in [2.75, 3.05) is 66.0 Å². The highest BCUT2D eigenvalue weighted by atomic mass is 16.6. The molecule has 168 valence electrons. The summed E-state index contributed by atoms with van der Waals surface area (Å²) in [4.78, 5) is 11.5. The molecule has 0 heterocycles. The first-order valence-electron chi connectivity index (χ1n) is 10.7. The maximum absolute atomic E-state index is 11.5. The molecule has 1 atom stereocenters. The Morgan fingerprint density at radius 2 is 1.36 bits per heavy atom. The first-order valence-corrected chi connectivity index (χ1v) is 10.7. The fourth-order valence-electron chi connectivity index (χ4n) is 2.08. The molecule has 0 saturated heterocycles. The zero-order valence-electron chi connectivity index (χ0n) is 18.7. The van der Waals surface area contributed by atoms with Gasteiger partial charge in [-0.1, -0.05) is 27.7 Å². The zero-order valence-corrected chi connectivity index (χ0v) is 18.7. The first kappa shape index (κ1) is 27.3. The van der Waals surface area contributed by atoms with Gasteiger partial charge in [-0.05, 0) is 31.6 Å². The third-order valence-corrected chi connectivity index (χ3v) is 4.92. The zero-order chi connectivity index (χ0) is 21.1. The number of amides is 1. The summed E-state index contributed by atoms with van der Waals surface area (Å²) in [5.41, 5.74) is 0.271. The van der Waals surface area contributed by atoms with E-state index in [0.29, 0.717) is 52.8 Å². The van der Waals surface area contributed by atoms with Crippen molar-refractivity contribution in [3.8, 4) is 0 Å². The second-order valence-electron chi connectivity index (χ2n) is 7.29. The molecule has 0 aromatic heterocycles. The summed E-state index contributed by atoms with van der Waals surface area (Å²) < 4.78 is 27.4. The van der Waals surface area contributed by atoms with E-state index in [1.165, 1.54) is 0 Å². The van der Waals surface area contributed by atoms with Crippen molar-refractivity contribution in [2.45, 2.75) is 60.0 Å². The number of hydrogen-bond donors (Lipinski definition) is 1. The largest absolute Gasteiger partial charge is 0.378 e. The number of nitrogens with one attached hydrogen (secondary N) is 1. The van der Waals surface area contributed by atoms with Crippen LogP contribution in [0.4, 0.5) is 0 Å². The van der Waals surface area contributed by atoms with E-state index in [2.05, 4.69) is 26.1 Å². The molecule has 1 unspecified atom stereocenters. The molecule has 0 aliphatic heterocycles. The van der Waals surface area contributed by atoms with E-state index >= 15 is 0 Å². The molecule has 0 rings (SSSR count). The van der Waals surface area contributed by atoms with Crippen molar-refractivity contribution in [2.24, 2.45) is 5.41 Å². The Morgan fingerprint density at radius 3 is 1.86 bits per heavy atom. The molecule has 1 N–H and O–H groups in total.